The summed E-state index contributed by atoms with van der Waals surface area (Å²) in [6.07, 6.45) is 2.72. The molecule has 0 aliphatic rings. The van der Waals surface area contributed by atoms with Crippen LogP contribution < -0.4 is 0 Å². The molecule has 0 aromatic heterocycles. The lowest BCUT2D eigenvalue weighted by atomic mass is 10.0. The van der Waals surface area contributed by atoms with Crippen molar-refractivity contribution < 1.29 is 9.53 Å². The number of ketones is 1. The molecule has 1 unspecified atom stereocenters. The minimum absolute atomic E-state index is 0.234. The lowest BCUT2D eigenvalue weighted by Gasteiger charge is -2.06. The Balaban J connectivity index is 3.33. The Labute approximate surface area is 75.3 Å². The summed E-state index contributed by atoms with van der Waals surface area (Å²) in [5.74, 6) is 0.737. The maximum absolute atomic E-state index is 11.2. The molecule has 0 bridgehead atoms. The van der Waals surface area contributed by atoms with Crippen LogP contribution in [0.4, 0.5) is 0 Å². The second-order valence-electron chi connectivity index (χ2n) is 3.31. The summed E-state index contributed by atoms with van der Waals surface area (Å²) in [5.41, 5.74) is 0. The fourth-order valence-corrected chi connectivity index (χ4v) is 0.922. The van der Waals surface area contributed by atoms with Crippen molar-refractivity contribution in [3.63, 3.8) is 0 Å². The van der Waals surface area contributed by atoms with Crippen LogP contribution in [0.2, 0.25) is 0 Å². The van der Waals surface area contributed by atoms with Crippen LogP contribution >= 0.6 is 0 Å². The Morgan fingerprint density at radius 3 is 2.58 bits per heavy atom. The molecule has 0 rings (SSSR count). The molecule has 0 N–H and O–H groups in total. The van der Waals surface area contributed by atoms with Crippen molar-refractivity contribution in [2.75, 3.05) is 13.2 Å². The SMILES string of the molecule is CCCOCC(=O)CC(C)CC. The van der Waals surface area contributed by atoms with E-state index in [-0.39, 0.29) is 5.78 Å². The molecule has 1 atom stereocenters. The molecule has 0 aliphatic carbocycles. The van der Waals surface area contributed by atoms with E-state index < -0.39 is 0 Å². The first-order valence-electron chi connectivity index (χ1n) is 4.80. The van der Waals surface area contributed by atoms with E-state index in [0.717, 1.165) is 12.8 Å². The van der Waals surface area contributed by atoms with Gasteiger partial charge < -0.3 is 4.74 Å². The van der Waals surface area contributed by atoms with Crippen molar-refractivity contribution in [2.24, 2.45) is 5.92 Å². The quantitative estimate of drug-likeness (QED) is 0.551. The Bertz CT molecular complexity index is 121. The molecule has 0 fully saturated rings. The largest absolute Gasteiger partial charge is 0.374 e. The van der Waals surface area contributed by atoms with Gasteiger partial charge in [0.05, 0.1) is 0 Å². The zero-order chi connectivity index (χ0) is 9.40. The van der Waals surface area contributed by atoms with Crippen LogP contribution in [0.1, 0.15) is 40.0 Å². The van der Waals surface area contributed by atoms with E-state index in [1.165, 1.54) is 0 Å². The molecule has 12 heavy (non-hydrogen) atoms. The van der Waals surface area contributed by atoms with E-state index in [1.807, 2.05) is 6.92 Å². The van der Waals surface area contributed by atoms with Crippen LogP contribution in [0.25, 0.3) is 0 Å². The number of ether oxygens (including phenoxy) is 1. The van der Waals surface area contributed by atoms with Gasteiger partial charge in [-0.05, 0) is 12.3 Å². The summed E-state index contributed by atoms with van der Waals surface area (Å²) in [4.78, 5) is 11.2. The zero-order valence-corrected chi connectivity index (χ0v) is 8.43. The van der Waals surface area contributed by atoms with Gasteiger partial charge in [-0.15, -0.1) is 0 Å². The molecular weight excluding hydrogens is 152 g/mol. The number of hydrogen-bond donors (Lipinski definition) is 0. The average molecular weight is 172 g/mol. The third kappa shape index (κ3) is 6.35. The van der Waals surface area contributed by atoms with Gasteiger partial charge in [0.2, 0.25) is 0 Å². The molecular formula is C10H20O2. The van der Waals surface area contributed by atoms with Crippen molar-refractivity contribution in [1.29, 1.82) is 0 Å². The Kier molecular flexibility index (Phi) is 7.06. The lowest BCUT2D eigenvalue weighted by Crippen LogP contribution is -2.12. The van der Waals surface area contributed by atoms with Crippen molar-refractivity contribution in [3.8, 4) is 0 Å². The molecule has 72 valence electrons. The van der Waals surface area contributed by atoms with Gasteiger partial charge in [-0.3, -0.25) is 4.79 Å². The fraction of sp³-hybridized carbons (Fsp3) is 0.900. The Morgan fingerprint density at radius 2 is 2.08 bits per heavy atom. The predicted octanol–water partition coefficient (Wildman–Crippen LogP) is 2.42. The number of hydrogen-bond acceptors (Lipinski definition) is 2. The molecule has 0 spiro atoms. The summed E-state index contributed by atoms with van der Waals surface area (Å²) in [6.45, 7) is 7.24. The monoisotopic (exact) mass is 172 g/mol. The normalized spacial score (nSPS) is 12.9. The van der Waals surface area contributed by atoms with Crippen molar-refractivity contribution in [1.82, 2.24) is 0 Å². The Hall–Kier alpha value is -0.370. The van der Waals surface area contributed by atoms with Crippen molar-refractivity contribution >= 4 is 5.78 Å². The van der Waals surface area contributed by atoms with E-state index in [9.17, 15) is 4.79 Å². The van der Waals surface area contributed by atoms with Gasteiger partial charge >= 0.3 is 0 Å². The highest BCUT2D eigenvalue weighted by Crippen LogP contribution is 2.06. The van der Waals surface area contributed by atoms with Gasteiger partial charge in [0.1, 0.15) is 6.61 Å². The maximum atomic E-state index is 11.2. The highest BCUT2D eigenvalue weighted by molar-refractivity contribution is 5.79. The van der Waals surface area contributed by atoms with Crippen molar-refractivity contribution in [2.45, 2.75) is 40.0 Å². The second kappa shape index (κ2) is 7.29. The molecule has 0 saturated carbocycles. The van der Waals surface area contributed by atoms with E-state index in [2.05, 4.69) is 13.8 Å². The third-order valence-electron chi connectivity index (χ3n) is 1.88. The average Bonchev–Trinajstić information content (AvgIpc) is 2.05. The molecule has 2 heteroatoms. The molecule has 0 aliphatic heterocycles. The Morgan fingerprint density at radius 1 is 1.42 bits per heavy atom. The van der Waals surface area contributed by atoms with E-state index in [1.54, 1.807) is 0 Å². The smallest absolute Gasteiger partial charge is 0.158 e. The molecule has 0 radical (unpaired) electrons. The topological polar surface area (TPSA) is 26.3 Å². The highest BCUT2D eigenvalue weighted by Gasteiger charge is 2.06. The molecule has 0 saturated heterocycles. The predicted molar refractivity (Wildman–Crippen MR) is 50.2 cm³/mol. The summed E-state index contributed by atoms with van der Waals surface area (Å²) in [6, 6.07) is 0. The second-order valence-corrected chi connectivity index (χ2v) is 3.31. The lowest BCUT2D eigenvalue weighted by molar-refractivity contribution is -0.124. The van der Waals surface area contributed by atoms with Gasteiger partial charge in [0, 0.05) is 13.0 Å². The number of Topliss-reactive ketones (excluding diaryl/α,β-unsaturated/α-hetero) is 1. The molecule has 0 amide bonds. The van der Waals surface area contributed by atoms with Crippen molar-refractivity contribution in [3.05, 3.63) is 0 Å². The molecule has 0 heterocycles. The maximum Gasteiger partial charge on any atom is 0.158 e. The highest BCUT2D eigenvalue weighted by atomic mass is 16.5. The molecule has 2 nitrogen and oxygen atoms in total. The fourth-order valence-electron chi connectivity index (χ4n) is 0.922. The van der Waals surface area contributed by atoms with Crippen LogP contribution in [0.3, 0.4) is 0 Å². The van der Waals surface area contributed by atoms with E-state index >= 15 is 0 Å². The summed E-state index contributed by atoms with van der Waals surface area (Å²) in [5, 5.41) is 0. The standard InChI is InChI=1S/C10H20O2/c1-4-6-12-8-10(11)7-9(3)5-2/h9H,4-8H2,1-3H3. The zero-order valence-electron chi connectivity index (χ0n) is 8.43. The van der Waals surface area contributed by atoms with Crippen LogP contribution in [-0.2, 0) is 9.53 Å². The molecule has 0 aromatic rings. The van der Waals surface area contributed by atoms with Gasteiger partial charge in [0.25, 0.3) is 0 Å². The van der Waals surface area contributed by atoms with E-state index in [4.69, 9.17) is 4.74 Å². The van der Waals surface area contributed by atoms with Gasteiger partial charge in [-0.25, -0.2) is 0 Å². The van der Waals surface area contributed by atoms with Gasteiger partial charge in [-0.1, -0.05) is 27.2 Å². The summed E-state index contributed by atoms with van der Waals surface area (Å²) in [7, 11) is 0. The summed E-state index contributed by atoms with van der Waals surface area (Å²) >= 11 is 0. The number of rotatable bonds is 7. The summed E-state index contributed by atoms with van der Waals surface area (Å²) < 4.78 is 5.14. The first-order valence-corrected chi connectivity index (χ1v) is 4.80. The van der Waals surface area contributed by atoms with Crippen LogP contribution in [-0.4, -0.2) is 19.0 Å². The van der Waals surface area contributed by atoms with Crippen LogP contribution in [0, 0.1) is 5.92 Å². The first-order chi connectivity index (χ1) is 5.70. The number of carbonyl (C=O) groups excluding carboxylic acids is 1. The van der Waals surface area contributed by atoms with Crippen LogP contribution in [0.15, 0.2) is 0 Å². The third-order valence-corrected chi connectivity index (χ3v) is 1.88. The van der Waals surface area contributed by atoms with E-state index in [0.29, 0.717) is 25.6 Å². The minimum atomic E-state index is 0.234. The van der Waals surface area contributed by atoms with Crippen LogP contribution in [0.5, 0.6) is 0 Å². The first kappa shape index (κ1) is 11.6. The minimum Gasteiger partial charge on any atom is -0.374 e. The van der Waals surface area contributed by atoms with Gasteiger partial charge in [-0.2, -0.15) is 0 Å². The van der Waals surface area contributed by atoms with Gasteiger partial charge in [0.15, 0.2) is 5.78 Å². The molecule has 0 aromatic carbocycles. The number of carbonyl (C=O) groups is 1.